The lowest BCUT2D eigenvalue weighted by Gasteiger charge is -2.24. The Bertz CT molecular complexity index is 952. The fraction of sp³-hybridized carbons (Fsp3) is 0.833. The van der Waals surface area contributed by atoms with E-state index in [0.29, 0.717) is 63.9 Å². The third kappa shape index (κ3) is 18.6. The van der Waals surface area contributed by atoms with Crippen LogP contribution < -0.4 is 10.6 Å². The number of nitrogens with one attached hydrogen (secondary N) is 2. The lowest BCUT2D eigenvalue weighted by Crippen LogP contribution is -2.36. The van der Waals surface area contributed by atoms with Gasteiger partial charge in [-0.05, 0) is 50.9 Å². The molecular formula is C36H63N3O8S. The van der Waals surface area contributed by atoms with Gasteiger partial charge in [0.15, 0.2) is 0 Å². The maximum atomic E-state index is 13.0. The Balaban J connectivity index is 1.43. The molecular weight excluding hydrogens is 634 g/mol. The van der Waals surface area contributed by atoms with E-state index in [0.717, 1.165) is 44.9 Å². The highest BCUT2D eigenvalue weighted by Gasteiger charge is 2.40. The average Bonchev–Trinajstić information content (AvgIpc) is 3.32. The van der Waals surface area contributed by atoms with Crippen LogP contribution in [-0.4, -0.2) is 105 Å². The average molecular weight is 698 g/mol. The van der Waals surface area contributed by atoms with Crippen molar-refractivity contribution in [3.8, 4) is 0 Å². The zero-order valence-electron chi connectivity index (χ0n) is 29.8. The Morgan fingerprint density at radius 1 is 0.896 bits per heavy atom. The van der Waals surface area contributed by atoms with Crippen LogP contribution in [0.2, 0.25) is 0 Å². The number of hydrogen-bond donors (Lipinski definition) is 2. The summed E-state index contributed by atoms with van der Waals surface area (Å²) in [6, 6.07) is 0. The Hall–Kier alpha value is -2.15. The fourth-order valence-corrected chi connectivity index (χ4v) is 7.36. The van der Waals surface area contributed by atoms with Crippen molar-refractivity contribution in [3.63, 3.8) is 0 Å². The van der Waals surface area contributed by atoms with Gasteiger partial charge >= 0.3 is 6.09 Å². The van der Waals surface area contributed by atoms with Gasteiger partial charge in [0.05, 0.1) is 44.9 Å². The smallest absolute Gasteiger partial charge is 0.407 e. The molecule has 1 saturated heterocycles. The summed E-state index contributed by atoms with van der Waals surface area (Å²) in [5.74, 6) is -0.0541. The van der Waals surface area contributed by atoms with Crippen molar-refractivity contribution in [1.29, 1.82) is 0 Å². The van der Waals surface area contributed by atoms with Gasteiger partial charge in [0.2, 0.25) is 17.7 Å². The monoisotopic (exact) mass is 697 g/mol. The predicted octanol–water partition coefficient (Wildman–Crippen LogP) is 5.79. The molecule has 12 heteroatoms. The molecule has 48 heavy (non-hydrogen) atoms. The van der Waals surface area contributed by atoms with Gasteiger partial charge in [-0.25, -0.2) is 4.79 Å². The number of ether oxygens (including phenoxy) is 4. The van der Waals surface area contributed by atoms with Crippen molar-refractivity contribution in [3.05, 3.63) is 12.2 Å². The summed E-state index contributed by atoms with van der Waals surface area (Å²) in [6.45, 7) is 9.76. The first-order valence-electron chi connectivity index (χ1n) is 18.4. The van der Waals surface area contributed by atoms with Crippen molar-refractivity contribution in [2.24, 2.45) is 5.92 Å². The summed E-state index contributed by atoms with van der Waals surface area (Å²) >= 11 is 1.65. The molecule has 0 radical (unpaired) electrons. The molecule has 1 aliphatic carbocycles. The molecule has 1 heterocycles. The number of carbonyl (C=O) groups excluding carboxylic acids is 4. The van der Waals surface area contributed by atoms with Crippen molar-refractivity contribution < 1.29 is 38.1 Å². The van der Waals surface area contributed by atoms with E-state index in [-0.39, 0.29) is 48.5 Å². The molecule has 11 nitrogen and oxygen atoms in total. The van der Waals surface area contributed by atoms with Gasteiger partial charge < -0.3 is 29.6 Å². The largest absolute Gasteiger partial charge is 0.446 e. The lowest BCUT2D eigenvalue weighted by atomic mass is 9.97. The molecule has 0 aromatic carbocycles. The number of hydrogen-bond acceptors (Lipinski definition) is 9. The van der Waals surface area contributed by atoms with E-state index in [4.69, 9.17) is 18.9 Å². The summed E-state index contributed by atoms with van der Waals surface area (Å²) in [5, 5.41) is 5.51. The molecule has 2 rings (SSSR count). The standard InChI is InChI=1S/C36H63N3O8S/c1-4-6-7-9-12-15-29(3)31(5-2)48-32-28-34(41)39(35(32)42)21-18-33(40)37-19-22-44-24-26-46-27-25-45-23-20-38-36(43)47-30-16-13-10-8-11-14-17-30/h8,10,29-32H,4-7,9,11-28H2,1-3H3,(H,37,40)(H,38,43)/b10-8+. The van der Waals surface area contributed by atoms with E-state index in [1.807, 2.05) is 0 Å². The van der Waals surface area contributed by atoms with Gasteiger partial charge in [-0.2, -0.15) is 0 Å². The molecule has 0 aromatic heterocycles. The van der Waals surface area contributed by atoms with Crippen LogP contribution in [0.5, 0.6) is 0 Å². The summed E-state index contributed by atoms with van der Waals surface area (Å²) < 4.78 is 21.9. The first-order chi connectivity index (χ1) is 23.3. The molecule has 0 saturated carbocycles. The second-order valence-electron chi connectivity index (χ2n) is 12.7. The molecule has 4 unspecified atom stereocenters. The van der Waals surface area contributed by atoms with Gasteiger partial charge in [-0.15, -0.1) is 11.8 Å². The fourth-order valence-electron chi connectivity index (χ4n) is 5.86. The number of thioether (sulfide) groups is 1. The normalized spacial score (nSPS) is 20.2. The molecule has 4 amide bonds. The van der Waals surface area contributed by atoms with Crippen LogP contribution in [0.25, 0.3) is 0 Å². The molecule has 276 valence electrons. The maximum Gasteiger partial charge on any atom is 0.407 e. The van der Waals surface area contributed by atoms with Crippen molar-refractivity contribution in [1.82, 2.24) is 15.5 Å². The number of allylic oxidation sites excluding steroid dienone is 2. The van der Waals surface area contributed by atoms with E-state index < -0.39 is 6.09 Å². The Morgan fingerprint density at radius 2 is 1.56 bits per heavy atom. The van der Waals surface area contributed by atoms with Gasteiger partial charge in [-0.1, -0.05) is 65.0 Å². The van der Waals surface area contributed by atoms with Crippen LogP contribution in [-0.2, 0) is 33.3 Å². The van der Waals surface area contributed by atoms with Crippen molar-refractivity contribution in [2.45, 2.75) is 127 Å². The van der Waals surface area contributed by atoms with Crippen LogP contribution in [0.1, 0.15) is 111 Å². The van der Waals surface area contributed by atoms with Gasteiger partial charge in [0, 0.05) is 37.7 Å². The Kier molecular flexibility index (Phi) is 23.4. The second-order valence-corrected chi connectivity index (χ2v) is 14.2. The zero-order chi connectivity index (χ0) is 34.8. The van der Waals surface area contributed by atoms with Crippen LogP contribution in [0, 0.1) is 5.92 Å². The van der Waals surface area contributed by atoms with Crippen molar-refractivity contribution in [2.75, 3.05) is 59.3 Å². The van der Waals surface area contributed by atoms with Crippen molar-refractivity contribution >= 4 is 35.6 Å². The van der Waals surface area contributed by atoms with Gasteiger partial charge in [-0.3, -0.25) is 19.3 Å². The minimum atomic E-state index is -0.397. The van der Waals surface area contributed by atoms with E-state index in [2.05, 4.69) is 43.6 Å². The van der Waals surface area contributed by atoms with Gasteiger partial charge in [0.25, 0.3) is 0 Å². The molecule has 1 aliphatic heterocycles. The zero-order valence-corrected chi connectivity index (χ0v) is 30.7. The van der Waals surface area contributed by atoms with Gasteiger partial charge in [0.1, 0.15) is 6.10 Å². The number of carbonyl (C=O) groups is 4. The lowest BCUT2D eigenvalue weighted by molar-refractivity contribution is -0.138. The third-order valence-corrected chi connectivity index (χ3v) is 10.6. The summed E-state index contributed by atoms with van der Waals surface area (Å²) in [6.07, 6.45) is 17.4. The predicted molar refractivity (Wildman–Crippen MR) is 190 cm³/mol. The van der Waals surface area contributed by atoms with E-state index in [9.17, 15) is 19.2 Å². The number of likely N-dealkylation sites (tertiary alicyclic amines) is 1. The minimum Gasteiger partial charge on any atom is -0.446 e. The summed E-state index contributed by atoms with van der Waals surface area (Å²) in [4.78, 5) is 51.1. The first kappa shape index (κ1) is 42.0. The van der Waals surface area contributed by atoms with E-state index in [1.54, 1.807) is 11.8 Å². The number of amides is 4. The molecule has 0 aromatic rings. The van der Waals surface area contributed by atoms with Crippen LogP contribution >= 0.6 is 11.8 Å². The van der Waals surface area contributed by atoms with Crippen LogP contribution in [0.4, 0.5) is 4.79 Å². The first-order valence-corrected chi connectivity index (χ1v) is 19.4. The number of rotatable bonds is 26. The van der Waals surface area contributed by atoms with Crippen LogP contribution in [0.15, 0.2) is 12.2 Å². The van der Waals surface area contributed by atoms with Crippen LogP contribution in [0.3, 0.4) is 0 Å². The quantitative estimate of drug-likeness (QED) is 0.0655. The second kappa shape index (κ2) is 26.7. The summed E-state index contributed by atoms with van der Waals surface area (Å²) in [5.41, 5.74) is 0. The molecule has 1 fully saturated rings. The SMILES string of the molecule is CCCCCCCC(C)C(CC)SC1CC(=O)N(CCC(=O)NCCOCCOCCOCCNC(=O)OC2CC/C=C/CCC2)C1=O. The molecule has 0 bridgehead atoms. The van der Waals surface area contributed by atoms with E-state index >= 15 is 0 Å². The summed E-state index contributed by atoms with van der Waals surface area (Å²) in [7, 11) is 0. The number of nitrogens with zero attached hydrogens (tertiary/aromatic N) is 1. The van der Waals surface area contributed by atoms with E-state index in [1.165, 1.54) is 37.0 Å². The number of unbranched alkanes of at least 4 members (excludes halogenated alkanes) is 4. The number of imide groups is 1. The topological polar surface area (TPSA) is 133 Å². The number of alkyl carbamates (subject to hydrolysis) is 1. The highest BCUT2D eigenvalue weighted by atomic mass is 32.2. The third-order valence-electron chi connectivity index (χ3n) is 8.73. The molecule has 2 N–H and O–H groups in total. The highest BCUT2D eigenvalue weighted by molar-refractivity contribution is 8.01. The minimum absolute atomic E-state index is 0.0266. The molecule has 0 spiro atoms. The Morgan fingerprint density at radius 3 is 2.27 bits per heavy atom. The molecule has 2 aliphatic rings. The Labute approximate surface area is 293 Å². The molecule has 4 atom stereocenters. The highest BCUT2D eigenvalue weighted by Crippen LogP contribution is 2.35. The maximum absolute atomic E-state index is 13.0.